The van der Waals surface area contributed by atoms with Gasteiger partial charge in [0.25, 0.3) is 0 Å². The smallest absolute Gasteiger partial charge is 0.374 e. The zero-order valence-electron chi connectivity index (χ0n) is 12.7. The predicted molar refractivity (Wildman–Crippen MR) is 80.2 cm³/mol. The first-order valence-corrected chi connectivity index (χ1v) is 7.15. The van der Waals surface area contributed by atoms with Crippen LogP contribution in [0.25, 0.3) is 0 Å². The van der Waals surface area contributed by atoms with Crippen LogP contribution in [0.4, 0.5) is 4.39 Å². The second-order valence-corrected chi connectivity index (χ2v) is 4.97. The SMILES string of the molecule is CCOC(=O)c1nc2c([nH]1)[C@@H](c1ccccc1F)C(C#N)=C(N)O2. The highest BCUT2D eigenvalue weighted by molar-refractivity contribution is 5.85. The lowest BCUT2D eigenvalue weighted by Gasteiger charge is -2.22. The summed E-state index contributed by atoms with van der Waals surface area (Å²) in [5, 5.41) is 9.39. The number of rotatable bonds is 3. The first-order chi connectivity index (χ1) is 11.6. The number of nitrogens with two attached hydrogens (primary N) is 1. The van der Waals surface area contributed by atoms with Crippen molar-refractivity contribution in [2.75, 3.05) is 6.61 Å². The fourth-order valence-electron chi connectivity index (χ4n) is 2.53. The molecule has 24 heavy (non-hydrogen) atoms. The lowest BCUT2D eigenvalue weighted by atomic mass is 9.87. The minimum atomic E-state index is -0.851. The van der Waals surface area contributed by atoms with E-state index in [4.69, 9.17) is 15.2 Å². The van der Waals surface area contributed by atoms with Crippen LogP contribution in [-0.4, -0.2) is 22.5 Å². The molecule has 0 fully saturated rings. The van der Waals surface area contributed by atoms with Crippen molar-refractivity contribution in [3.05, 3.63) is 58.6 Å². The number of benzene rings is 1. The van der Waals surface area contributed by atoms with Gasteiger partial charge in [-0.15, -0.1) is 0 Å². The third kappa shape index (κ3) is 2.46. The molecule has 0 bridgehead atoms. The van der Waals surface area contributed by atoms with Crippen LogP contribution < -0.4 is 10.5 Å². The molecule has 3 N–H and O–H groups in total. The monoisotopic (exact) mass is 328 g/mol. The maximum absolute atomic E-state index is 14.3. The quantitative estimate of drug-likeness (QED) is 0.832. The number of ether oxygens (including phenoxy) is 2. The van der Waals surface area contributed by atoms with Crippen LogP contribution in [0.2, 0.25) is 0 Å². The highest BCUT2D eigenvalue weighted by atomic mass is 19.1. The number of H-pyrrole nitrogens is 1. The zero-order chi connectivity index (χ0) is 17.3. The first-order valence-electron chi connectivity index (χ1n) is 7.15. The van der Waals surface area contributed by atoms with Crippen LogP contribution in [-0.2, 0) is 4.74 Å². The number of esters is 1. The van der Waals surface area contributed by atoms with Gasteiger partial charge in [0.15, 0.2) is 0 Å². The van der Waals surface area contributed by atoms with Gasteiger partial charge in [0.05, 0.1) is 18.2 Å². The number of nitrogens with zero attached hydrogens (tertiary/aromatic N) is 2. The number of carbonyl (C=O) groups excluding carboxylic acids is 1. The summed E-state index contributed by atoms with van der Waals surface area (Å²) in [6.45, 7) is 1.83. The number of halogens is 1. The van der Waals surface area contributed by atoms with Gasteiger partial charge in [0, 0.05) is 5.56 Å². The van der Waals surface area contributed by atoms with E-state index in [2.05, 4.69) is 9.97 Å². The molecule has 0 aliphatic carbocycles. The summed E-state index contributed by atoms with van der Waals surface area (Å²) in [6, 6.07) is 7.92. The summed E-state index contributed by atoms with van der Waals surface area (Å²) < 4.78 is 24.4. The van der Waals surface area contributed by atoms with Crippen molar-refractivity contribution in [3.63, 3.8) is 0 Å². The van der Waals surface area contributed by atoms with Crippen molar-refractivity contribution in [2.45, 2.75) is 12.8 Å². The van der Waals surface area contributed by atoms with Gasteiger partial charge in [-0.3, -0.25) is 0 Å². The molecule has 2 aromatic rings. The molecule has 0 amide bonds. The Morgan fingerprint density at radius 1 is 1.54 bits per heavy atom. The fraction of sp³-hybridized carbons (Fsp3) is 0.188. The lowest BCUT2D eigenvalue weighted by molar-refractivity contribution is 0.0512. The number of allylic oxidation sites excluding steroid dienone is 1. The first kappa shape index (κ1) is 15.6. The molecule has 8 heteroatoms. The van der Waals surface area contributed by atoms with Crippen LogP contribution >= 0.6 is 0 Å². The summed E-state index contributed by atoms with van der Waals surface area (Å²) in [6.07, 6.45) is 0. The molecule has 2 heterocycles. The predicted octanol–water partition coefficient (Wildman–Crippen LogP) is 1.94. The van der Waals surface area contributed by atoms with Crippen LogP contribution in [0.15, 0.2) is 35.7 Å². The van der Waals surface area contributed by atoms with E-state index in [9.17, 15) is 14.4 Å². The van der Waals surface area contributed by atoms with Crippen LogP contribution in [0, 0.1) is 17.1 Å². The van der Waals surface area contributed by atoms with Gasteiger partial charge in [-0.1, -0.05) is 18.2 Å². The molecule has 0 saturated carbocycles. The molecule has 1 aliphatic heterocycles. The van der Waals surface area contributed by atoms with E-state index in [0.29, 0.717) is 0 Å². The molecule has 7 nitrogen and oxygen atoms in total. The average molecular weight is 328 g/mol. The number of fused-ring (bicyclic) bond motifs is 1. The number of hydrogen-bond donors (Lipinski definition) is 2. The fourth-order valence-corrected chi connectivity index (χ4v) is 2.53. The van der Waals surface area contributed by atoms with Gasteiger partial charge in [0.2, 0.25) is 17.6 Å². The van der Waals surface area contributed by atoms with Gasteiger partial charge < -0.3 is 20.2 Å². The van der Waals surface area contributed by atoms with E-state index in [-0.39, 0.29) is 41.0 Å². The Balaban J connectivity index is 2.15. The van der Waals surface area contributed by atoms with E-state index < -0.39 is 17.7 Å². The summed E-state index contributed by atoms with van der Waals surface area (Å²) in [5.41, 5.74) is 6.30. The summed E-state index contributed by atoms with van der Waals surface area (Å²) in [7, 11) is 0. The Morgan fingerprint density at radius 2 is 2.29 bits per heavy atom. The van der Waals surface area contributed by atoms with Gasteiger partial charge in [-0.05, 0) is 13.0 Å². The molecular formula is C16H13FN4O3. The van der Waals surface area contributed by atoms with Crippen LogP contribution in [0.1, 0.15) is 34.7 Å². The second-order valence-electron chi connectivity index (χ2n) is 4.97. The molecule has 122 valence electrons. The Labute approximate surface area is 136 Å². The molecule has 1 aromatic heterocycles. The van der Waals surface area contributed by atoms with E-state index in [1.165, 1.54) is 18.2 Å². The standard InChI is InChI=1S/C16H13FN4O3/c1-2-23-16(22)14-20-12-11(8-5-3-4-6-10(8)17)9(7-18)13(19)24-15(12)21-14/h3-6,11H,2,19H2,1H3,(H,20,21)/t11-/m0/s1. The molecule has 1 aromatic carbocycles. The molecule has 0 unspecified atom stereocenters. The van der Waals surface area contributed by atoms with E-state index in [0.717, 1.165) is 0 Å². The highest BCUT2D eigenvalue weighted by Crippen LogP contribution is 2.41. The van der Waals surface area contributed by atoms with Crippen molar-refractivity contribution in [2.24, 2.45) is 5.73 Å². The Bertz CT molecular complexity index is 882. The summed E-state index contributed by atoms with van der Waals surface area (Å²) in [5.74, 6) is -2.31. The number of nitriles is 1. The normalized spacial score (nSPS) is 16.1. The largest absolute Gasteiger partial charge is 0.460 e. The topological polar surface area (TPSA) is 114 Å². The lowest BCUT2D eigenvalue weighted by Crippen LogP contribution is -2.21. The molecule has 1 aliphatic rings. The zero-order valence-corrected chi connectivity index (χ0v) is 12.7. The maximum Gasteiger partial charge on any atom is 0.374 e. The summed E-state index contributed by atoms with van der Waals surface area (Å²) in [4.78, 5) is 18.6. The van der Waals surface area contributed by atoms with E-state index in [1.807, 2.05) is 6.07 Å². The molecule has 0 spiro atoms. The van der Waals surface area contributed by atoms with Crippen molar-refractivity contribution in [1.82, 2.24) is 9.97 Å². The van der Waals surface area contributed by atoms with Crippen molar-refractivity contribution >= 4 is 5.97 Å². The van der Waals surface area contributed by atoms with Crippen molar-refractivity contribution in [1.29, 1.82) is 5.26 Å². The Morgan fingerprint density at radius 3 is 2.96 bits per heavy atom. The molecule has 1 atom stereocenters. The molecular weight excluding hydrogens is 315 g/mol. The maximum atomic E-state index is 14.3. The highest BCUT2D eigenvalue weighted by Gasteiger charge is 2.36. The molecule has 0 saturated heterocycles. The van der Waals surface area contributed by atoms with Gasteiger partial charge in [-0.2, -0.15) is 10.2 Å². The van der Waals surface area contributed by atoms with Gasteiger partial charge in [-0.25, -0.2) is 9.18 Å². The van der Waals surface area contributed by atoms with Crippen molar-refractivity contribution < 1.29 is 18.7 Å². The number of aromatic nitrogens is 2. The third-order valence-electron chi connectivity index (χ3n) is 3.55. The number of nitrogens with one attached hydrogen (secondary N) is 1. The number of carbonyl (C=O) groups is 1. The number of aromatic amines is 1. The van der Waals surface area contributed by atoms with Crippen molar-refractivity contribution in [3.8, 4) is 11.9 Å². The third-order valence-corrected chi connectivity index (χ3v) is 3.55. The van der Waals surface area contributed by atoms with Crippen LogP contribution in [0.3, 0.4) is 0 Å². The van der Waals surface area contributed by atoms with E-state index >= 15 is 0 Å². The average Bonchev–Trinajstić information content (AvgIpc) is 2.98. The Kier molecular flexibility index (Phi) is 3.92. The Hall–Kier alpha value is -3.34. The second kappa shape index (κ2) is 6.04. The minimum Gasteiger partial charge on any atom is -0.460 e. The minimum absolute atomic E-state index is 0.0165. The molecule has 0 radical (unpaired) electrons. The van der Waals surface area contributed by atoms with E-state index in [1.54, 1.807) is 13.0 Å². The number of hydrogen-bond acceptors (Lipinski definition) is 6. The summed E-state index contributed by atoms with van der Waals surface area (Å²) >= 11 is 0. The van der Waals surface area contributed by atoms with Gasteiger partial charge >= 0.3 is 5.97 Å². The molecule has 3 rings (SSSR count). The van der Waals surface area contributed by atoms with Gasteiger partial charge in [0.1, 0.15) is 17.5 Å². The van der Waals surface area contributed by atoms with Crippen LogP contribution in [0.5, 0.6) is 5.88 Å². The number of imidazole rings is 1.